The zero-order valence-electron chi connectivity index (χ0n) is 15.4. The Hall–Kier alpha value is -3.61. The molecular weight excluding hydrogens is 381 g/mol. The summed E-state index contributed by atoms with van der Waals surface area (Å²) in [5.74, 6) is -0.721. The van der Waals surface area contributed by atoms with Crippen LogP contribution in [0.5, 0.6) is 0 Å². The van der Waals surface area contributed by atoms with Crippen LogP contribution >= 0.6 is 0 Å². The van der Waals surface area contributed by atoms with E-state index in [9.17, 15) is 22.8 Å². The molecule has 2 N–H and O–H groups in total. The summed E-state index contributed by atoms with van der Waals surface area (Å²) in [4.78, 5) is 24.5. The molecule has 0 aliphatic rings. The van der Waals surface area contributed by atoms with Gasteiger partial charge in [-0.25, -0.2) is 0 Å². The minimum atomic E-state index is -4.43. The highest BCUT2D eigenvalue weighted by atomic mass is 19.4. The van der Waals surface area contributed by atoms with Gasteiger partial charge in [0, 0.05) is 23.9 Å². The molecule has 0 atom stereocenters. The van der Waals surface area contributed by atoms with Crippen LogP contribution in [0.2, 0.25) is 0 Å². The van der Waals surface area contributed by atoms with Crippen molar-refractivity contribution in [1.82, 2.24) is 5.32 Å². The molecule has 4 nitrogen and oxygen atoms in total. The highest BCUT2D eigenvalue weighted by molar-refractivity contribution is 6.09. The fourth-order valence-electron chi connectivity index (χ4n) is 2.85. The van der Waals surface area contributed by atoms with Crippen LogP contribution in [-0.2, 0) is 6.18 Å². The lowest BCUT2D eigenvalue weighted by Crippen LogP contribution is -2.18. The first kappa shape index (κ1) is 20.1. The van der Waals surface area contributed by atoms with Gasteiger partial charge in [-0.1, -0.05) is 36.4 Å². The van der Waals surface area contributed by atoms with Crippen LogP contribution in [0.1, 0.15) is 26.3 Å². The predicted octanol–water partition coefficient (Wildman–Crippen LogP) is 4.98. The molecule has 0 fully saturated rings. The van der Waals surface area contributed by atoms with E-state index in [0.717, 1.165) is 12.1 Å². The lowest BCUT2D eigenvalue weighted by atomic mass is 9.98. The van der Waals surface area contributed by atoms with Crippen molar-refractivity contribution in [3.05, 3.63) is 89.5 Å². The van der Waals surface area contributed by atoms with Crippen molar-refractivity contribution in [2.24, 2.45) is 0 Å². The van der Waals surface area contributed by atoms with Crippen LogP contribution in [0.15, 0.2) is 72.8 Å². The average Bonchev–Trinajstić information content (AvgIpc) is 2.73. The van der Waals surface area contributed by atoms with Gasteiger partial charge >= 0.3 is 6.18 Å². The van der Waals surface area contributed by atoms with Crippen LogP contribution in [0.3, 0.4) is 0 Å². The van der Waals surface area contributed by atoms with Gasteiger partial charge in [0.05, 0.1) is 5.56 Å². The fraction of sp³-hybridized carbons (Fsp3) is 0.0909. The fourth-order valence-corrected chi connectivity index (χ4v) is 2.85. The lowest BCUT2D eigenvalue weighted by molar-refractivity contribution is -0.137. The van der Waals surface area contributed by atoms with E-state index < -0.39 is 17.6 Å². The molecule has 0 aliphatic heterocycles. The Morgan fingerprint density at radius 3 is 2.17 bits per heavy atom. The van der Waals surface area contributed by atoms with Crippen molar-refractivity contribution < 1.29 is 22.8 Å². The minimum Gasteiger partial charge on any atom is -0.355 e. The maximum absolute atomic E-state index is 12.8. The standard InChI is InChI=1S/C22H17F3N2O2/c1-26-20(28)15-5-4-6-17(13-15)27-21(29)19-8-3-2-7-18(19)14-9-11-16(12-10-14)22(23,24)25/h2-13H,1H3,(H,26,28)(H,27,29). The summed E-state index contributed by atoms with van der Waals surface area (Å²) in [7, 11) is 1.51. The van der Waals surface area contributed by atoms with Crippen LogP contribution in [0, 0.1) is 0 Å². The molecule has 0 aromatic heterocycles. The Morgan fingerprint density at radius 1 is 0.828 bits per heavy atom. The predicted molar refractivity (Wildman–Crippen MR) is 105 cm³/mol. The second-order valence-electron chi connectivity index (χ2n) is 6.23. The number of carbonyl (C=O) groups is 2. The number of carbonyl (C=O) groups excluding carboxylic acids is 2. The number of amides is 2. The van der Waals surface area contributed by atoms with Gasteiger partial charge in [-0.05, 0) is 47.5 Å². The number of rotatable bonds is 4. The summed E-state index contributed by atoms with van der Waals surface area (Å²) < 4.78 is 38.4. The van der Waals surface area contributed by atoms with Crippen molar-refractivity contribution in [3.8, 4) is 11.1 Å². The molecule has 0 saturated carbocycles. The minimum absolute atomic E-state index is 0.286. The first-order valence-corrected chi connectivity index (χ1v) is 8.70. The van der Waals surface area contributed by atoms with Gasteiger partial charge in [0.25, 0.3) is 11.8 Å². The summed E-state index contributed by atoms with van der Waals surface area (Å²) in [5, 5.41) is 5.23. The molecule has 29 heavy (non-hydrogen) atoms. The first-order chi connectivity index (χ1) is 13.8. The number of alkyl halides is 3. The van der Waals surface area contributed by atoms with Crippen molar-refractivity contribution in [1.29, 1.82) is 0 Å². The maximum Gasteiger partial charge on any atom is 0.416 e. The number of benzene rings is 3. The average molecular weight is 398 g/mol. The molecule has 0 aliphatic carbocycles. The summed E-state index contributed by atoms with van der Waals surface area (Å²) >= 11 is 0. The third-order valence-electron chi connectivity index (χ3n) is 4.30. The Balaban J connectivity index is 1.89. The molecule has 0 bridgehead atoms. The third kappa shape index (κ3) is 4.63. The van der Waals surface area contributed by atoms with E-state index >= 15 is 0 Å². The van der Waals surface area contributed by atoms with Gasteiger partial charge in [-0.3, -0.25) is 9.59 Å². The van der Waals surface area contributed by atoms with E-state index in [4.69, 9.17) is 0 Å². The van der Waals surface area contributed by atoms with E-state index in [-0.39, 0.29) is 5.91 Å². The number of hydrogen-bond donors (Lipinski definition) is 2. The third-order valence-corrected chi connectivity index (χ3v) is 4.30. The molecule has 0 radical (unpaired) electrons. The lowest BCUT2D eigenvalue weighted by Gasteiger charge is -2.12. The van der Waals surface area contributed by atoms with E-state index in [1.807, 2.05) is 0 Å². The van der Waals surface area contributed by atoms with Crippen LogP contribution in [0.4, 0.5) is 18.9 Å². The number of anilines is 1. The first-order valence-electron chi connectivity index (χ1n) is 8.70. The Kier molecular flexibility index (Phi) is 5.68. The number of hydrogen-bond acceptors (Lipinski definition) is 2. The molecule has 3 aromatic rings. The highest BCUT2D eigenvalue weighted by Crippen LogP contribution is 2.32. The quantitative estimate of drug-likeness (QED) is 0.651. The van der Waals surface area contributed by atoms with Gasteiger partial charge in [-0.2, -0.15) is 13.2 Å². The van der Waals surface area contributed by atoms with Gasteiger partial charge < -0.3 is 10.6 Å². The SMILES string of the molecule is CNC(=O)c1cccc(NC(=O)c2ccccc2-c2ccc(C(F)(F)F)cc2)c1. The van der Waals surface area contributed by atoms with E-state index in [0.29, 0.717) is 27.9 Å². The summed E-state index contributed by atoms with van der Waals surface area (Å²) in [6.45, 7) is 0. The van der Waals surface area contributed by atoms with Crippen molar-refractivity contribution in [3.63, 3.8) is 0 Å². The second kappa shape index (κ2) is 8.18. The van der Waals surface area contributed by atoms with E-state index in [1.54, 1.807) is 42.5 Å². The molecule has 7 heteroatoms. The molecule has 148 valence electrons. The molecule has 3 rings (SSSR count). The molecule has 3 aromatic carbocycles. The van der Waals surface area contributed by atoms with Crippen LogP contribution < -0.4 is 10.6 Å². The zero-order valence-corrected chi connectivity index (χ0v) is 15.4. The van der Waals surface area contributed by atoms with Crippen molar-refractivity contribution in [2.45, 2.75) is 6.18 Å². The highest BCUT2D eigenvalue weighted by Gasteiger charge is 2.30. The summed E-state index contributed by atoms with van der Waals surface area (Å²) in [6, 6.07) is 17.7. The van der Waals surface area contributed by atoms with Crippen LogP contribution in [0.25, 0.3) is 11.1 Å². The summed E-state index contributed by atoms with van der Waals surface area (Å²) in [6.07, 6.45) is -4.43. The topological polar surface area (TPSA) is 58.2 Å². The van der Waals surface area contributed by atoms with Crippen molar-refractivity contribution in [2.75, 3.05) is 12.4 Å². The summed E-state index contributed by atoms with van der Waals surface area (Å²) in [5.41, 5.74) is 1.36. The Morgan fingerprint density at radius 2 is 1.52 bits per heavy atom. The monoisotopic (exact) mass is 398 g/mol. The molecule has 0 spiro atoms. The smallest absolute Gasteiger partial charge is 0.355 e. The molecular formula is C22H17F3N2O2. The number of nitrogens with one attached hydrogen (secondary N) is 2. The number of halogens is 3. The van der Waals surface area contributed by atoms with Gasteiger partial charge in [0.2, 0.25) is 0 Å². The van der Waals surface area contributed by atoms with Gasteiger partial charge in [0.1, 0.15) is 0 Å². The largest absolute Gasteiger partial charge is 0.416 e. The van der Waals surface area contributed by atoms with E-state index in [1.165, 1.54) is 25.2 Å². The maximum atomic E-state index is 12.8. The zero-order chi connectivity index (χ0) is 21.0. The normalized spacial score (nSPS) is 11.0. The Bertz CT molecular complexity index is 1040. The second-order valence-corrected chi connectivity index (χ2v) is 6.23. The Labute approximate surface area is 165 Å². The molecule has 0 heterocycles. The van der Waals surface area contributed by atoms with Crippen LogP contribution in [-0.4, -0.2) is 18.9 Å². The molecule has 0 saturated heterocycles. The molecule has 2 amide bonds. The van der Waals surface area contributed by atoms with Crippen molar-refractivity contribution >= 4 is 17.5 Å². The van der Waals surface area contributed by atoms with Gasteiger partial charge in [-0.15, -0.1) is 0 Å². The van der Waals surface area contributed by atoms with E-state index in [2.05, 4.69) is 10.6 Å². The van der Waals surface area contributed by atoms with Gasteiger partial charge in [0.15, 0.2) is 0 Å². The molecule has 0 unspecified atom stereocenters.